The molecular formula is C37H44N2. The first-order valence-electron chi connectivity index (χ1n) is 14.4. The van der Waals surface area contributed by atoms with E-state index in [-0.39, 0.29) is 16.2 Å². The number of aromatic nitrogens is 1. The molecule has 202 valence electrons. The van der Waals surface area contributed by atoms with Gasteiger partial charge in [-0.1, -0.05) is 98.7 Å². The minimum absolute atomic E-state index is 0.0940. The fourth-order valence-electron chi connectivity index (χ4n) is 5.33. The molecule has 0 radical (unpaired) electrons. The van der Waals surface area contributed by atoms with Gasteiger partial charge < -0.3 is 9.88 Å². The molecule has 0 bridgehead atoms. The van der Waals surface area contributed by atoms with E-state index in [0.717, 1.165) is 17.8 Å². The highest BCUT2D eigenvalue weighted by atomic mass is 15.0. The fourth-order valence-corrected chi connectivity index (χ4v) is 5.33. The van der Waals surface area contributed by atoms with Crippen LogP contribution < -0.4 is 5.32 Å². The number of anilines is 2. The third kappa shape index (κ3) is 5.22. The maximum atomic E-state index is 3.66. The van der Waals surface area contributed by atoms with Crippen LogP contribution in [0.4, 0.5) is 11.4 Å². The zero-order valence-corrected chi connectivity index (χ0v) is 25.2. The Balaban J connectivity index is 1.65. The van der Waals surface area contributed by atoms with Crippen molar-refractivity contribution in [3.05, 3.63) is 102 Å². The highest BCUT2D eigenvalue weighted by Gasteiger charge is 2.21. The van der Waals surface area contributed by atoms with Crippen molar-refractivity contribution in [2.45, 2.75) is 85.0 Å². The summed E-state index contributed by atoms with van der Waals surface area (Å²) in [4.78, 5) is 0. The number of benzene rings is 4. The SMILES string of the molecule is CCC(C)(C)c1ccc(-n2c3ccc(C(C)(C)C)cc3c3ccc(Nc4ccc(C(C)(C)C)cc4)cc32)cc1. The lowest BCUT2D eigenvalue weighted by Gasteiger charge is -2.23. The number of nitrogens with one attached hydrogen (secondary N) is 1. The number of fused-ring (bicyclic) bond motifs is 3. The maximum Gasteiger partial charge on any atom is 0.0561 e. The van der Waals surface area contributed by atoms with Gasteiger partial charge in [0.1, 0.15) is 0 Å². The molecule has 0 aliphatic rings. The second kappa shape index (κ2) is 9.59. The summed E-state index contributed by atoms with van der Waals surface area (Å²) < 4.78 is 2.42. The molecule has 1 N–H and O–H groups in total. The molecule has 1 aromatic heterocycles. The average molecular weight is 517 g/mol. The molecule has 0 fully saturated rings. The van der Waals surface area contributed by atoms with Gasteiger partial charge in [-0.3, -0.25) is 0 Å². The van der Waals surface area contributed by atoms with E-state index < -0.39 is 0 Å². The van der Waals surface area contributed by atoms with E-state index in [4.69, 9.17) is 0 Å². The summed E-state index contributed by atoms with van der Waals surface area (Å²) in [6, 6.07) is 31.8. The third-order valence-electron chi connectivity index (χ3n) is 8.46. The summed E-state index contributed by atoms with van der Waals surface area (Å²) in [6.07, 6.45) is 1.11. The van der Waals surface area contributed by atoms with Crippen molar-refractivity contribution in [2.75, 3.05) is 5.32 Å². The molecule has 4 aromatic carbocycles. The first kappa shape index (κ1) is 27.1. The Morgan fingerprint density at radius 3 is 1.69 bits per heavy atom. The van der Waals surface area contributed by atoms with E-state index in [0.29, 0.717) is 0 Å². The second-order valence-corrected chi connectivity index (χ2v) is 13.8. The van der Waals surface area contributed by atoms with Gasteiger partial charge in [-0.05, 0) is 87.9 Å². The summed E-state index contributed by atoms with van der Waals surface area (Å²) in [6.45, 7) is 20.5. The first-order valence-corrected chi connectivity index (χ1v) is 14.4. The van der Waals surface area contributed by atoms with Crippen LogP contribution in [0.1, 0.15) is 85.4 Å². The molecule has 2 heteroatoms. The van der Waals surface area contributed by atoms with Gasteiger partial charge in [-0.25, -0.2) is 0 Å². The van der Waals surface area contributed by atoms with Crippen LogP contribution in [0.15, 0.2) is 84.9 Å². The predicted molar refractivity (Wildman–Crippen MR) is 171 cm³/mol. The molecule has 5 rings (SSSR count). The van der Waals surface area contributed by atoms with E-state index in [1.807, 2.05) is 0 Å². The second-order valence-electron chi connectivity index (χ2n) is 13.8. The maximum absolute atomic E-state index is 3.66. The van der Waals surface area contributed by atoms with E-state index in [2.05, 4.69) is 157 Å². The van der Waals surface area contributed by atoms with E-state index >= 15 is 0 Å². The summed E-state index contributed by atoms with van der Waals surface area (Å²) in [5, 5.41) is 6.24. The van der Waals surface area contributed by atoms with Gasteiger partial charge in [0.05, 0.1) is 11.0 Å². The van der Waals surface area contributed by atoms with Gasteiger partial charge in [-0.15, -0.1) is 0 Å². The number of rotatable bonds is 5. The molecule has 0 atom stereocenters. The Kier molecular flexibility index (Phi) is 6.66. The van der Waals surface area contributed by atoms with Crippen LogP contribution in [-0.4, -0.2) is 4.57 Å². The predicted octanol–water partition coefficient (Wildman–Crippen LogP) is 10.8. The average Bonchev–Trinajstić information content (AvgIpc) is 3.21. The summed E-state index contributed by atoms with van der Waals surface area (Å²) >= 11 is 0. The molecule has 0 aliphatic carbocycles. The highest BCUT2D eigenvalue weighted by molar-refractivity contribution is 6.10. The van der Waals surface area contributed by atoms with Gasteiger partial charge in [-0.2, -0.15) is 0 Å². The Bertz CT molecular complexity index is 1620. The number of hydrogen-bond acceptors (Lipinski definition) is 1. The molecular weight excluding hydrogens is 472 g/mol. The first-order chi connectivity index (χ1) is 18.3. The van der Waals surface area contributed by atoms with E-state index in [9.17, 15) is 0 Å². The summed E-state index contributed by atoms with van der Waals surface area (Å²) in [7, 11) is 0. The molecule has 2 nitrogen and oxygen atoms in total. The quantitative estimate of drug-likeness (QED) is 0.246. The van der Waals surface area contributed by atoms with Gasteiger partial charge in [0, 0.05) is 27.8 Å². The normalized spacial score (nSPS) is 12.8. The van der Waals surface area contributed by atoms with Gasteiger partial charge >= 0.3 is 0 Å². The fraction of sp³-hybridized carbons (Fsp3) is 0.351. The Labute approximate surface area is 235 Å². The van der Waals surface area contributed by atoms with Crippen LogP contribution >= 0.6 is 0 Å². The van der Waals surface area contributed by atoms with Crippen molar-refractivity contribution < 1.29 is 0 Å². The molecule has 5 aromatic rings. The van der Waals surface area contributed by atoms with Gasteiger partial charge in [0.25, 0.3) is 0 Å². The van der Waals surface area contributed by atoms with Crippen LogP contribution in [0.3, 0.4) is 0 Å². The zero-order chi connectivity index (χ0) is 28.2. The summed E-state index contributed by atoms with van der Waals surface area (Å²) in [5.74, 6) is 0. The minimum atomic E-state index is 0.0940. The highest BCUT2D eigenvalue weighted by Crippen LogP contribution is 2.37. The van der Waals surface area contributed by atoms with Crippen LogP contribution in [-0.2, 0) is 16.2 Å². The van der Waals surface area contributed by atoms with Crippen molar-refractivity contribution >= 4 is 33.2 Å². The van der Waals surface area contributed by atoms with E-state index in [1.54, 1.807) is 0 Å². The number of nitrogens with zero attached hydrogens (tertiary/aromatic N) is 1. The van der Waals surface area contributed by atoms with Crippen molar-refractivity contribution in [2.24, 2.45) is 0 Å². The van der Waals surface area contributed by atoms with Crippen molar-refractivity contribution in [1.82, 2.24) is 4.57 Å². The lowest BCUT2D eigenvalue weighted by molar-refractivity contribution is 0.506. The van der Waals surface area contributed by atoms with Crippen LogP contribution in [0.25, 0.3) is 27.5 Å². The van der Waals surface area contributed by atoms with Crippen molar-refractivity contribution in [1.29, 1.82) is 0 Å². The molecule has 0 aliphatic heterocycles. The van der Waals surface area contributed by atoms with Crippen molar-refractivity contribution in [3.63, 3.8) is 0 Å². The minimum Gasteiger partial charge on any atom is -0.355 e. The molecule has 0 saturated carbocycles. The Morgan fingerprint density at radius 2 is 1.10 bits per heavy atom. The van der Waals surface area contributed by atoms with Crippen LogP contribution in [0, 0.1) is 0 Å². The van der Waals surface area contributed by atoms with Gasteiger partial charge in [0.15, 0.2) is 0 Å². The monoisotopic (exact) mass is 516 g/mol. The topological polar surface area (TPSA) is 17.0 Å². The van der Waals surface area contributed by atoms with Crippen molar-refractivity contribution in [3.8, 4) is 5.69 Å². The number of hydrogen-bond donors (Lipinski definition) is 1. The van der Waals surface area contributed by atoms with E-state index in [1.165, 1.54) is 44.2 Å². The molecule has 0 spiro atoms. The lowest BCUT2D eigenvalue weighted by Crippen LogP contribution is -2.15. The molecule has 39 heavy (non-hydrogen) atoms. The van der Waals surface area contributed by atoms with Gasteiger partial charge in [0.2, 0.25) is 0 Å². The zero-order valence-electron chi connectivity index (χ0n) is 25.2. The third-order valence-corrected chi connectivity index (χ3v) is 8.46. The van der Waals surface area contributed by atoms with Crippen LogP contribution in [0.5, 0.6) is 0 Å². The molecule has 0 amide bonds. The Hall–Kier alpha value is -3.52. The molecule has 1 heterocycles. The smallest absolute Gasteiger partial charge is 0.0561 e. The summed E-state index contributed by atoms with van der Waals surface area (Å²) in [5.41, 5.74) is 10.3. The molecule has 0 unspecified atom stereocenters. The molecule has 0 saturated heterocycles. The van der Waals surface area contributed by atoms with Crippen LogP contribution in [0.2, 0.25) is 0 Å². The largest absolute Gasteiger partial charge is 0.355 e. The lowest BCUT2D eigenvalue weighted by atomic mass is 9.82. The standard InChI is InChI=1S/C37H44N2/c1-10-37(8,9)26-13-19-30(20-14-26)39-33-22-15-27(36(5,6)7)23-32(33)31-21-18-29(24-34(31)39)38-28-16-11-25(12-17-28)35(2,3)4/h11-24,38H,10H2,1-9H3. The Morgan fingerprint density at radius 1 is 0.538 bits per heavy atom.